The summed E-state index contributed by atoms with van der Waals surface area (Å²) in [4.78, 5) is 14.1. The van der Waals surface area contributed by atoms with Gasteiger partial charge in [0, 0.05) is 45.5 Å². The average molecular weight is 368 g/mol. The Hall–Kier alpha value is -2.64. The Morgan fingerprint density at radius 3 is 2.59 bits per heavy atom. The van der Waals surface area contributed by atoms with Gasteiger partial charge in [-0.1, -0.05) is 0 Å². The van der Waals surface area contributed by atoms with Gasteiger partial charge in [-0.05, 0) is 44.4 Å². The SMILES string of the molecule is Cc1ccnc(N2CCN(C(=NCc3nnc(C)n3C)NC3CC3)CC2)c1. The fraction of sp³-hybridized carbons (Fsp3) is 0.579. The number of aromatic nitrogens is 4. The molecule has 0 radical (unpaired) electrons. The van der Waals surface area contributed by atoms with Crippen molar-refractivity contribution >= 4 is 11.8 Å². The monoisotopic (exact) mass is 368 g/mol. The van der Waals surface area contributed by atoms with Gasteiger partial charge in [0.1, 0.15) is 18.2 Å². The summed E-state index contributed by atoms with van der Waals surface area (Å²) in [6, 6.07) is 4.77. The summed E-state index contributed by atoms with van der Waals surface area (Å²) in [5, 5.41) is 12.0. The highest BCUT2D eigenvalue weighted by molar-refractivity contribution is 5.81. The number of aryl methyl sites for hydroxylation is 2. The average Bonchev–Trinajstić information content (AvgIpc) is 3.45. The first-order chi connectivity index (χ1) is 13.1. The molecule has 1 aliphatic heterocycles. The standard InChI is InChI=1S/C19H28N8/c1-14-6-7-20-17(12-14)26-8-10-27(11-9-26)19(22-16-4-5-16)21-13-18-24-23-15(2)25(18)3/h6-7,12,16H,4-5,8-11,13H2,1-3H3,(H,21,22). The minimum atomic E-state index is 0.548. The Morgan fingerprint density at radius 2 is 1.96 bits per heavy atom. The summed E-state index contributed by atoms with van der Waals surface area (Å²) < 4.78 is 2.00. The Balaban J connectivity index is 1.42. The number of hydrogen-bond donors (Lipinski definition) is 1. The van der Waals surface area contributed by atoms with Crippen LogP contribution in [0, 0.1) is 13.8 Å². The highest BCUT2D eigenvalue weighted by Gasteiger charge is 2.27. The minimum absolute atomic E-state index is 0.548. The van der Waals surface area contributed by atoms with Gasteiger partial charge < -0.3 is 19.7 Å². The molecule has 2 aromatic heterocycles. The lowest BCUT2D eigenvalue weighted by Crippen LogP contribution is -2.53. The van der Waals surface area contributed by atoms with E-state index in [-0.39, 0.29) is 0 Å². The van der Waals surface area contributed by atoms with Gasteiger partial charge in [-0.25, -0.2) is 9.98 Å². The maximum Gasteiger partial charge on any atom is 0.194 e. The van der Waals surface area contributed by atoms with Crippen molar-refractivity contribution in [1.82, 2.24) is 30.0 Å². The second-order valence-electron chi connectivity index (χ2n) is 7.45. The fourth-order valence-corrected chi connectivity index (χ4v) is 3.22. The molecule has 2 aromatic rings. The second kappa shape index (κ2) is 7.54. The van der Waals surface area contributed by atoms with E-state index in [0.29, 0.717) is 12.6 Å². The zero-order valence-electron chi connectivity index (χ0n) is 16.4. The van der Waals surface area contributed by atoms with Crippen LogP contribution in [-0.2, 0) is 13.6 Å². The highest BCUT2D eigenvalue weighted by atomic mass is 15.4. The molecule has 1 N–H and O–H groups in total. The van der Waals surface area contributed by atoms with Crippen molar-refractivity contribution in [2.75, 3.05) is 31.1 Å². The van der Waals surface area contributed by atoms with Gasteiger partial charge in [-0.3, -0.25) is 0 Å². The molecular formula is C19H28N8. The van der Waals surface area contributed by atoms with E-state index in [0.717, 1.165) is 49.6 Å². The van der Waals surface area contributed by atoms with E-state index in [9.17, 15) is 0 Å². The molecule has 2 fully saturated rings. The smallest absolute Gasteiger partial charge is 0.194 e. The van der Waals surface area contributed by atoms with Gasteiger partial charge >= 0.3 is 0 Å². The Bertz CT molecular complexity index is 815. The van der Waals surface area contributed by atoms with Crippen molar-refractivity contribution in [3.8, 4) is 0 Å². The minimum Gasteiger partial charge on any atom is -0.353 e. The number of hydrogen-bond acceptors (Lipinski definition) is 5. The zero-order valence-corrected chi connectivity index (χ0v) is 16.4. The van der Waals surface area contributed by atoms with Gasteiger partial charge in [0.25, 0.3) is 0 Å². The molecule has 0 amide bonds. The van der Waals surface area contributed by atoms with Crippen molar-refractivity contribution in [2.45, 2.75) is 39.3 Å². The molecule has 3 heterocycles. The number of rotatable bonds is 4. The van der Waals surface area contributed by atoms with Gasteiger partial charge in [0.15, 0.2) is 11.8 Å². The van der Waals surface area contributed by atoms with Crippen LogP contribution < -0.4 is 10.2 Å². The summed E-state index contributed by atoms with van der Waals surface area (Å²) in [5.74, 6) is 3.87. The maximum absolute atomic E-state index is 4.86. The molecule has 144 valence electrons. The van der Waals surface area contributed by atoms with Crippen LogP contribution >= 0.6 is 0 Å². The van der Waals surface area contributed by atoms with Gasteiger partial charge in [-0.2, -0.15) is 0 Å². The molecule has 0 bridgehead atoms. The van der Waals surface area contributed by atoms with Crippen molar-refractivity contribution in [3.63, 3.8) is 0 Å². The molecule has 0 unspecified atom stereocenters. The molecule has 27 heavy (non-hydrogen) atoms. The highest BCUT2D eigenvalue weighted by Crippen LogP contribution is 2.20. The van der Waals surface area contributed by atoms with Crippen LogP contribution in [0.2, 0.25) is 0 Å². The normalized spacial score (nSPS) is 18.1. The quantitative estimate of drug-likeness (QED) is 0.647. The lowest BCUT2D eigenvalue weighted by molar-refractivity contribution is 0.370. The number of piperazine rings is 1. The third-order valence-corrected chi connectivity index (χ3v) is 5.27. The second-order valence-corrected chi connectivity index (χ2v) is 7.45. The number of nitrogens with zero attached hydrogens (tertiary/aromatic N) is 7. The van der Waals surface area contributed by atoms with Crippen molar-refractivity contribution in [1.29, 1.82) is 0 Å². The van der Waals surface area contributed by atoms with E-state index in [1.807, 2.05) is 30.8 Å². The van der Waals surface area contributed by atoms with Crippen LogP contribution in [0.5, 0.6) is 0 Å². The number of nitrogens with one attached hydrogen (secondary N) is 1. The Labute approximate surface area is 160 Å². The summed E-state index contributed by atoms with van der Waals surface area (Å²) >= 11 is 0. The third kappa shape index (κ3) is 4.20. The topological polar surface area (TPSA) is 74.5 Å². The molecule has 1 saturated carbocycles. The largest absolute Gasteiger partial charge is 0.353 e. The van der Waals surface area contributed by atoms with E-state index in [1.165, 1.54) is 18.4 Å². The molecule has 1 aliphatic carbocycles. The maximum atomic E-state index is 4.86. The Morgan fingerprint density at radius 1 is 1.19 bits per heavy atom. The Kier molecular flexibility index (Phi) is 4.96. The fourth-order valence-electron chi connectivity index (χ4n) is 3.22. The molecule has 8 heteroatoms. The van der Waals surface area contributed by atoms with Gasteiger partial charge in [-0.15, -0.1) is 10.2 Å². The summed E-state index contributed by atoms with van der Waals surface area (Å²) in [6.45, 7) is 8.39. The first kappa shape index (κ1) is 17.8. The van der Waals surface area contributed by atoms with E-state index < -0.39 is 0 Å². The molecule has 0 spiro atoms. The molecule has 2 aliphatic rings. The van der Waals surface area contributed by atoms with E-state index in [1.54, 1.807) is 0 Å². The van der Waals surface area contributed by atoms with Crippen molar-refractivity contribution in [3.05, 3.63) is 35.5 Å². The van der Waals surface area contributed by atoms with Crippen LogP contribution in [-0.4, -0.2) is 62.8 Å². The molecule has 0 atom stereocenters. The number of anilines is 1. The molecule has 1 saturated heterocycles. The number of guanidine groups is 1. The zero-order chi connectivity index (χ0) is 18.8. The van der Waals surface area contributed by atoms with Gasteiger partial charge in [0.05, 0.1) is 0 Å². The third-order valence-electron chi connectivity index (χ3n) is 5.27. The van der Waals surface area contributed by atoms with E-state index in [4.69, 9.17) is 4.99 Å². The number of aliphatic imine (C=N–C) groups is 1. The lowest BCUT2D eigenvalue weighted by Gasteiger charge is -2.37. The van der Waals surface area contributed by atoms with Crippen LogP contribution in [0.1, 0.15) is 30.1 Å². The van der Waals surface area contributed by atoms with Gasteiger partial charge in [0.2, 0.25) is 0 Å². The molecule has 4 rings (SSSR count). The molecular weight excluding hydrogens is 340 g/mol. The van der Waals surface area contributed by atoms with Crippen LogP contribution in [0.4, 0.5) is 5.82 Å². The van der Waals surface area contributed by atoms with Crippen LogP contribution in [0.3, 0.4) is 0 Å². The van der Waals surface area contributed by atoms with Crippen molar-refractivity contribution < 1.29 is 0 Å². The number of pyridine rings is 1. The molecule has 0 aromatic carbocycles. The predicted octanol–water partition coefficient (Wildman–Crippen LogP) is 1.26. The lowest BCUT2D eigenvalue weighted by atomic mass is 10.2. The van der Waals surface area contributed by atoms with Crippen LogP contribution in [0.25, 0.3) is 0 Å². The molecule has 8 nitrogen and oxygen atoms in total. The first-order valence-electron chi connectivity index (χ1n) is 9.68. The van der Waals surface area contributed by atoms with E-state index in [2.05, 4.69) is 43.3 Å². The summed E-state index contributed by atoms with van der Waals surface area (Å²) in [7, 11) is 1.99. The van der Waals surface area contributed by atoms with Crippen molar-refractivity contribution in [2.24, 2.45) is 12.0 Å². The van der Waals surface area contributed by atoms with E-state index >= 15 is 0 Å². The summed E-state index contributed by atoms with van der Waals surface area (Å²) in [5.41, 5.74) is 1.25. The van der Waals surface area contributed by atoms with Crippen LogP contribution in [0.15, 0.2) is 23.3 Å². The first-order valence-corrected chi connectivity index (χ1v) is 9.68. The summed E-state index contributed by atoms with van der Waals surface area (Å²) in [6.07, 6.45) is 4.35. The predicted molar refractivity (Wildman–Crippen MR) is 106 cm³/mol.